The average molecular weight is 463 g/mol. The molecular formula is C26H30N4O2S. The summed E-state index contributed by atoms with van der Waals surface area (Å²) >= 11 is 1.53. The normalized spacial score (nSPS) is 27.6. The van der Waals surface area contributed by atoms with Crippen molar-refractivity contribution in [3.05, 3.63) is 41.4 Å². The molecule has 0 spiro atoms. The molecule has 172 valence electrons. The van der Waals surface area contributed by atoms with Crippen LogP contribution in [-0.4, -0.2) is 27.3 Å². The molecule has 1 amide bonds. The Morgan fingerprint density at radius 1 is 1.15 bits per heavy atom. The molecule has 4 aliphatic carbocycles. The Hall–Kier alpha value is -2.67. The van der Waals surface area contributed by atoms with Crippen molar-refractivity contribution in [3.63, 3.8) is 0 Å². The fourth-order valence-electron chi connectivity index (χ4n) is 6.75. The molecule has 2 aromatic heterocycles. The van der Waals surface area contributed by atoms with Crippen LogP contribution in [0.5, 0.6) is 5.75 Å². The number of carbonyl (C=O) groups excluding carboxylic acids is 1. The number of aromatic nitrogens is 3. The highest BCUT2D eigenvalue weighted by Gasteiger charge is 2.54. The van der Waals surface area contributed by atoms with Gasteiger partial charge in [0.25, 0.3) is 0 Å². The highest BCUT2D eigenvalue weighted by atomic mass is 32.1. The van der Waals surface area contributed by atoms with Crippen LogP contribution in [0.1, 0.15) is 51.1 Å². The lowest BCUT2D eigenvalue weighted by atomic mass is 9.49. The fraction of sp³-hybridized carbons (Fsp3) is 0.500. The average Bonchev–Trinajstić information content (AvgIpc) is 3.40. The maximum Gasteiger partial charge on any atom is 0.231 e. The second-order valence-electron chi connectivity index (χ2n) is 10.2. The van der Waals surface area contributed by atoms with Crippen molar-refractivity contribution in [1.29, 1.82) is 0 Å². The summed E-state index contributed by atoms with van der Waals surface area (Å²) in [5.74, 6) is 3.99. The quantitative estimate of drug-likeness (QED) is 0.498. The summed E-state index contributed by atoms with van der Waals surface area (Å²) in [5.41, 5.74) is 2.61. The molecule has 1 N–H and O–H groups in total. The van der Waals surface area contributed by atoms with Gasteiger partial charge in [-0.25, -0.2) is 4.98 Å². The molecular weight excluding hydrogens is 432 g/mol. The molecule has 4 bridgehead atoms. The van der Waals surface area contributed by atoms with Crippen LogP contribution in [0.25, 0.3) is 16.4 Å². The van der Waals surface area contributed by atoms with Crippen LogP contribution in [0.15, 0.2) is 35.7 Å². The van der Waals surface area contributed by atoms with Gasteiger partial charge in [-0.1, -0.05) is 0 Å². The number of benzene rings is 1. The summed E-state index contributed by atoms with van der Waals surface area (Å²) in [4.78, 5) is 18.4. The minimum Gasteiger partial charge on any atom is -0.494 e. The molecule has 4 aliphatic rings. The van der Waals surface area contributed by atoms with E-state index in [1.54, 1.807) is 4.68 Å². The summed E-state index contributed by atoms with van der Waals surface area (Å²) in [7, 11) is 0. The summed E-state index contributed by atoms with van der Waals surface area (Å²) in [6.45, 7) is 4.58. The van der Waals surface area contributed by atoms with E-state index in [0.29, 0.717) is 6.61 Å². The molecule has 0 atom stereocenters. The number of ether oxygens (including phenoxy) is 1. The molecule has 6 nitrogen and oxygen atoms in total. The zero-order valence-corrected chi connectivity index (χ0v) is 20.0. The monoisotopic (exact) mass is 462 g/mol. The second-order valence-corrected chi connectivity index (χ2v) is 11.0. The van der Waals surface area contributed by atoms with Crippen LogP contribution in [0.3, 0.4) is 0 Å². The number of carbonyl (C=O) groups is 1. The van der Waals surface area contributed by atoms with Crippen molar-refractivity contribution < 1.29 is 9.53 Å². The molecule has 0 unspecified atom stereocenters. The summed E-state index contributed by atoms with van der Waals surface area (Å²) in [5, 5.41) is 10.7. The number of rotatable bonds is 6. The Labute approximate surface area is 198 Å². The first kappa shape index (κ1) is 20.9. The summed E-state index contributed by atoms with van der Waals surface area (Å²) in [6.07, 6.45) is 7.15. The van der Waals surface area contributed by atoms with Gasteiger partial charge in [0, 0.05) is 17.0 Å². The number of hydrogen-bond donors (Lipinski definition) is 1. The van der Waals surface area contributed by atoms with E-state index < -0.39 is 0 Å². The van der Waals surface area contributed by atoms with Gasteiger partial charge in [-0.2, -0.15) is 9.78 Å². The van der Waals surface area contributed by atoms with E-state index in [2.05, 4.69) is 10.4 Å². The summed E-state index contributed by atoms with van der Waals surface area (Å²) in [6, 6.07) is 9.93. The molecule has 4 saturated carbocycles. The molecule has 33 heavy (non-hydrogen) atoms. The van der Waals surface area contributed by atoms with E-state index in [9.17, 15) is 4.79 Å². The van der Waals surface area contributed by atoms with Crippen molar-refractivity contribution in [2.45, 2.75) is 52.4 Å². The Morgan fingerprint density at radius 3 is 2.45 bits per heavy atom. The smallest absolute Gasteiger partial charge is 0.231 e. The molecule has 1 aromatic carbocycles. The molecule has 7 heteroatoms. The number of amides is 1. The zero-order valence-electron chi connectivity index (χ0n) is 19.2. The van der Waals surface area contributed by atoms with Gasteiger partial charge in [-0.15, -0.1) is 11.3 Å². The Kier molecular flexibility index (Phi) is 5.05. The van der Waals surface area contributed by atoms with Crippen LogP contribution in [0, 0.1) is 30.1 Å². The highest BCUT2D eigenvalue weighted by Crippen LogP contribution is 2.60. The maximum atomic E-state index is 13.6. The minimum absolute atomic E-state index is 0.186. The SMILES string of the molecule is CCOc1ccc(-c2csc(-n3nc(C)cc3NC(=O)C34CC5CC(CC(C5)C3)C4)n2)cc1. The minimum atomic E-state index is -0.186. The number of nitrogens with one attached hydrogen (secondary N) is 1. The topological polar surface area (TPSA) is 69.0 Å². The fourth-order valence-corrected chi connectivity index (χ4v) is 7.55. The standard InChI is InChI=1S/C26H30N4O2S/c1-3-32-21-6-4-20(5-7-21)22-15-33-25(27-22)30-23(8-16(2)29-30)28-24(31)26-12-17-9-18(13-26)11-19(10-17)14-26/h4-8,15,17-19H,3,9-14H2,1-2H3,(H,28,31). The molecule has 4 fully saturated rings. The third-order valence-corrected chi connectivity index (χ3v) is 8.54. The van der Waals surface area contributed by atoms with Gasteiger partial charge >= 0.3 is 0 Å². The van der Waals surface area contributed by atoms with Gasteiger partial charge in [0.05, 0.1) is 23.4 Å². The van der Waals surface area contributed by atoms with Crippen LogP contribution < -0.4 is 10.1 Å². The predicted molar refractivity (Wildman–Crippen MR) is 130 cm³/mol. The van der Waals surface area contributed by atoms with E-state index in [-0.39, 0.29) is 11.3 Å². The maximum absolute atomic E-state index is 13.6. The molecule has 0 radical (unpaired) electrons. The molecule has 3 aromatic rings. The lowest BCUT2D eigenvalue weighted by Gasteiger charge is -2.55. The second kappa shape index (κ2) is 7.97. The van der Waals surface area contributed by atoms with Gasteiger partial charge in [0.15, 0.2) is 0 Å². The number of anilines is 1. The van der Waals surface area contributed by atoms with Gasteiger partial charge in [-0.05, 0) is 94.4 Å². The lowest BCUT2D eigenvalue weighted by molar-refractivity contribution is -0.140. The van der Waals surface area contributed by atoms with Gasteiger partial charge in [-0.3, -0.25) is 4.79 Å². The van der Waals surface area contributed by atoms with E-state index in [0.717, 1.165) is 70.7 Å². The number of aryl methyl sites for hydroxylation is 1. The van der Waals surface area contributed by atoms with E-state index in [4.69, 9.17) is 9.72 Å². The van der Waals surface area contributed by atoms with E-state index in [1.807, 2.05) is 49.6 Å². The first-order chi connectivity index (χ1) is 16.0. The lowest BCUT2D eigenvalue weighted by Crippen LogP contribution is -2.51. The van der Waals surface area contributed by atoms with Crippen molar-refractivity contribution in [2.24, 2.45) is 23.2 Å². The predicted octanol–water partition coefficient (Wildman–Crippen LogP) is 5.86. The van der Waals surface area contributed by atoms with Gasteiger partial charge in [0.2, 0.25) is 11.0 Å². The largest absolute Gasteiger partial charge is 0.494 e. The Bertz CT molecular complexity index is 1140. The van der Waals surface area contributed by atoms with Gasteiger partial charge < -0.3 is 10.1 Å². The number of hydrogen-bond acceptors (Lipinski definition) is 5. The highest BCUT2D eigenvalue weighted by molar-refractivity contribution is 7.12. The number of thiazole rings is 1. The molecule has 0 aliphatic heterocycles. The van der Waals surface area contributed by atoms with Crippen molar-refractivity contribution >= 4 is 23.1 Å². The molecule has 7 rings (SSSR count). The number of nitrogens with zero attached hydrogens (tertiary/aromatic N) is 3. The Balaban J connectivity index is 1.24. The van der Waals surface area contributed by atoms with E-state index >= 15 is 0 Å². The third-order valence-electron chi connectivity index (χ3n) is 7.73. The Morgan fingerprint density at radius 2 is 1.82 bits per heavy atom. The van der Waals surface area contributed by atoms with Crippen LogP contribution >= 0.6 is 11.3 Å². The third kappa shape index (κ3) is 3.76. The first-order valence-electron chi connectivity index (χ1n) is 12.1. The molecule has 2 heterocycles. The zero-order chi connectivity index (χ0) is 22.6. The summed E-state index contributed by atoms with van der Waals surface area (Å²) < 4.78 is 7.33. The van der Waals surface area contributed by atoms with Crippen molar-refractivity contribution in [1.82, 2.24) is 14.8 Å². The van der Waals surface area contributed by atoms with Crippen LogP contribution in [0.4, 0.5) is 5.82 Å². The van der Waals surface area contributed by atoms with Crippen molar-refractivity contribution in [3.8, 4) is 22.1 Å². The van der Waals surface area contributed by atoms with E-state index in [1.165, 1.54) is 30.6 Å². The molecule has 0 saturated heterocycles. The van der Waals surface area contributed by atoms with Crippen molar-refractivity contribution in [2.75, 3.05) is 11.9 Å². The van der Waals surface area contributed by atoms with Crippen LogP contribution in [-0.2, 0) is 4.79 Å². The first-order valence-corrected chi connectivity index (χ1v) is 13.0. The van der Waals surface area contributed by atoms with Crippen LogP contribution in [0.2, 0.25) is 0 Å². The van der Waals surface area contributed by atoms with Gasteiger partial charge in [0.1, 0.15) is 11.6 Å².